The number of halogens is 3. The number of aliphatic hydroxyl groups is 1. The predicted octanol–water partition coefficient (Wildman–Crippen LogP) is 3.82. The van der Waals surface area contributed by atoms with E-state index < -0.39 is 24.2 Å². The molecule has 3 rings (SSSR count). The molecule has 154 valence electrons. The third-order valence-corrected chi connectivity index (χ3v) is 5.40. The first-order valence-corrected chi connectivity index (χ1v) is 9.86. The highest BCUT2D eigenvalue weighted by Crippen LogP contribution is 2.41. The lowest BCUT2D eigenvalue weighted by Crippen LogP contribution is -2.57. The molecule has 0 fully saturated rings. The third kappa shape index (κ3) is 4.56. The quantitative estimate of drug-likeness (QED) is 0.766. The fourth-order valence-electron chi connectivity index (χ4n) is 2.88. The van der Waals surface area contributed by atoms with E-state index in [1.807, 2.05) is 30.3 Å². The first-order valence-electron chi connectivity index (χ1n) is 8.70. The van der Waals surface area contributed by atoms with E-state index in [-0.39, 0.29) is 16.5 Å². The Bertz CT molecular complexity index is 905. The Balaban J connectivity index is 1.80. The van der Waals surface area contributed by atoms with Crippen LogP contribution in [0.15, 0.2) is 59.7 Å². The highest BCUT2D eigenvalue weighted by Gasteiger charge is 2.63. The zero-order valence-corrected chi connectivity index (χ0v) is 16.3. The van der Waals surface area contributed by atoms with Crippen molar-refractivity contribution in [3.05, 3.63) is 65.7 Å². The Hall–Kier alpha value is -2.52. The zero-order valence-electron chi connectivity index (χ0n) is 15.5. The van der Waals surface area contributed by atoms with Gasteiger partial charge >= 0.3 is 6.18 Å². The second-order valence-electron chi connectivity index (χ2n) is 6.45. The van der Waals surface area contributed by atoms with Crippen molar-refractivity contribution in [2.75, 3.05) is 12.9 Å². The highest BCUT2D eigenvalue weighted by molar-refractivity contribution is 7.99. The van der Waals surface area contributed by atoms with Gasteiger partial charge in [0.05, 0.1) is 25.0 Å². The van der Waals surface area contributed by atoms with E-state index in [1.165, 1.54) is 13.2 Å². The van der Waals surface area contributed by atoms with Crippen LogP contribution in [0.25, 0.3) is 0 Å². The van der Waals surface area contributed by atoms with Gasteiger partial charge in [0, 0.05) is 11.3 Å². The number of amides is 1. The Kier molecular flexibility index (Phi) is 6.18. The van der Waals surface area contributed by atoms with Crippen LogP contribution in [0.3, 0.4) is 0 Å². The Morgan fingerprint density at radius 3 is 2.62 bits per heavy atom. The molecule has 0 bridgehead atoms. The Morgan fingerprint density at radius 2 is 1.97 bits per heavy atom. The molecule has 1 aliphatic rings. The van der Waals surface area contributed by atoms with Gasteiger partial charge in [-0.05, 0) is 17.7 Å². The van der Waals surface area contributed by atoms with E-state index in [2.05, 4.69) is 5.10 Å². The monoisotopic (exact) mass is 424 g/mol. The topological polar surface area (TPSA) is 62.1 Å². The summed E-state index contributed by atoms with van der Waals surface area (Å²) >= 11 is 1.16. The molecule has 9 heteroatoms. The fraction of sp³-hybridized carbons (Fsp3) is 0.300. The summed E-state index contributed by atoms with van der Waals surface area (Å²) in [5.74, 6) is -0.271. The van der Waals surface area contributed by atoms with Crippen LogP contribution in [0.2, 0.25) is 0 Å². The van der Waals surface area contributed by atoms with E-state index in [1.54, 1.807) is 18.2 Å². The van der Waals surface area contributed by atoms with E-state index in [0.717, 1.165) is 17.3 Å². The number of hydrogen-bond acceptors (Lipinski definition) is 5. The molecule has 1 N–H and O–H groups in total. The Morgan fingerprint density at radius 1 is 1.24 bits per heavy atom. The molecule has 0 saturated heterocycles. The smallest absolute Gasteiger partial charge is 0.438 e. The summed E-state index contributed by atoms with van der Waals surface area (Å²) in [6, 6.07) is 15.5. The van der Waals surface area contributed by atoms with Crippen LogP contribution in [0, 0.1) is 0 Å². The molecular weight excluding hydrogens is 405 g/mol. The number of nitrogens with zero attached hydrogens (tertiary/aromatic N) is 2. The molecule has 0 unspecified atom stereocenters. The summed E-state index contributed by atoms with van der Waals surface area (Å²) < 4.78 is 46.0. The minimum absolute atomic E-state index is 0.0369. The largest absolute Gasteiger partial charge is 0.497 e. The lowest BCUT2D eigenvalue weighted by molar-refractivity contribution is -0.301. The van der Waals surface area contributed by atoms with Crippen molar-refractivity contribution in [3.8, 4) is 5.75 Å². The lowest BCUT2D eigenvalue weighted by Gasteiger charge is -2.32. The van der Waals surface area contributed by atoms with Crippen molar-refractivity contribution >= 4 is 23.4 Å². The van der Waals surface area contributed by atoms with Gasteiger partial charge in [-0.25, -0.2) is 0 Å². The van der Waals surface area contributed by atoms with Crippen molar-refractivity contribution < 1.29 is 27.8 Å². The number of alkyl halides is 3. The van der Waals surface area contributed by atoms with Crippen molar-refractivity contribution in [1.29, 1.82) is 0 Å². The molecule has 2 aromatic carbocycles. The van der Waals surface area contributed by atoms with E-state index in [4.69, 9.17) is 4.74 Å². The molecule has 0 radical (unpaired) electrons. The summed E-state index contributed by atoms with van der Waals surface area (Å²) in [5.41, 5.74) is -2.13. The maximum Gasteiger partial charge on any atom is 0.438 e. The van der Waals surface area contributed by atoms with Gasteiger partial charge in [-0.15, -0.1) is 11.8 Å². The van der Waals surface area contributed by atoms with Gasteiger partial charge in [-0.2, -0.15) is 23.3 Å². The number of rotatable bonds is 6. The van der Waals surface area contributed by atoms with Crippen LogP contribution in [-0.2, 0) is 10.5 Å². The summed E-state index contributed by atoms with van der Waals surface area (Å²) in [6.07, 6.45) is -5.91. The summed E-state index contributed by atoms with van der Waals surface area (Å²) in [6.45, 7) is 0. The number of thioether (sulfide) groups is 1. The van der Waals surface area contributed by atoms with E-state index >= 15 is 0 Å². The standard InChI is InChI=1S/C20H19F3N2O3S/c1-28-16-9-5-8-15(10-16)17-11-19(27,20(21,22)23)25(24-17)18(26)13-29-12-14-6-3-2-4-7-14/h2-10,27H,11-13H2,1H3/t19-/m1/s1. The molecule has 0 spiro atoms. The molecule has 1 heterocycles. The molecule has 1 atom stereocenters. The normalized spacial score (nSPS) is 19.2. The average molecular weight is 424 g/mol. The zero-order chi connectivity index (χ0) is 21.1. The molecule has 2 aromatic rings. The third-order valence-electron chi connectivity index (χ3n) is 4.42. The number of carbonyl (C=O) groups excluding carboxylic acids is 1. The van der Waals surface area contributed by atoms with Gasteiger partial charge in [0.15, 0.2) is 0 Å². The number of hydrogen-bond donors (Lipinski definition) is 1. The molecule has 29 heavy (non-hydrogen) atoms. The molecule has 0 aromatic heterocycles. The predicted molar refractivity (Wildman–Crippen MR) is 105 cm³/mol. The molecule has 1 aliphatic heterocycles. The van der Waals surface area contributed by atoms with Gasteiger partial charge in [0.1, 0.15) is 5.75 Å². The van der Waals surface area contributed by atoms with Crippen molar-refractivity contribution in [3.63, 3.8) is 0 Å². The van der Waals surface area contributed by atoms with Crippen molar-refractivity contribution in [2.24, 2.45) is 5.10 Å². The van der Waals surface area contributed by atoms with E-state index in [9.17, 15) is 23.1 Å². The highest BCUT2D eigenvalue weighted by atomic mass is 32.2. The molecule has 0 aliphatic carbocycles. The Labute approximate surface area is 170 Å². The van der Waals surface area contributed by atoms with Gasteiger partial charge in [0.2, 0.25) is 0 Å². The van der Waals surface area contributed by atoms with Crippen LogP contribution in [-0.4, -0.2) is 46.5 Å². The number of carbonyl (C=O) groups is 1. The fourth-order valence-corrected chi connectivity index (χ4v) is 3.71. The first-order chi connectivity index (χ1) is 13.7. The van der Waals surface area contributed by atoms with Gasteiger partial charge in [0.25, 0.3) is 11.6 Å². The second kappa shape index (κ2) is 8.46. The maximum absolute atomic E-state index is 13.6. The maximum atomic E-state index is 13.6. The van der Waals surface area contributed by atoms with Gasteiger partial charge < -0.3 is 9.84 Å². The molecular formula is C20H19F3N2O3S. The van der Waals surface area contributed by atoms with Crippen molar-refractivity contribution in [2.45, 2.75) is 24.1 Å². The van der Waals surface area contributed by atoms with Crippen molar-refractivity contribution in [1.82, 2.24) is 5.01 Å². The van der Waals surface area contributed by atoms with Gasteiger partial charge in [-0.3, -0.25) is 4.79 Å². The van der Waals surface area contributed by atoms with E-state index in [0.29, 0.717) is 17.1 Å². The summed E-state index contributed by atoms with van der Waals surface area (Å²) in [4.78, 5) is 12.5. The first kappa shape index (κ1) is 21.2. The minimum atomic E-state index is -5.06. The average Bonchev–Trinajstić information content (AvgIpc) is 3.08. The lowest BCUT2D eigenvalue weighted by atomic mass is 10.0. The molecule has 5 nitrogen and oxygen atoms in total. The summed E-state index contributed by atoms with van der Waals surface area (Å²) in [5, 5.41) is 14.4. The summed E-state index contributed by atoms with van der Waals surface area (Å²) in [7, 11) is 1.43. The number of hydrazone groups is 1. The minimum Gasteiger partial charge on any atom is -0.497 e. The second-order valence-corrected chi connectivity index (χ2v) is 7.44. The molecule has 1 amide bonds. The molecule has 0 saturated carbocycles. The van der Waals surface area contributed by atoms with Crippen LogP contribution in [0.4, 0.5) is 13.2 Å². The van der Waals surface area contributed by atoms with Crippen LogP contribution >= 0.6 is 11.8 Å². The number of methoxy groups -OCH3 is 1. The van der Waals surface area contributed by atoms with Crippen LogP contribution in [0.5, 0.6) is 5.75 Å². The van der Waals surface area contributed by atoms with Crippen LogP contribution in [0.1, 0.15) is 17.5 Å². The number of benzene rings is 2. The number of ether oxygens (including phenoxy) is 1. The SMILES string of the molecule is COc1cccc(C2=NN(C(=O)CSCc3ccccc3)[C@](O)(C(F)(F)F)C2)c1. The van der Waals surface area contributed by atoms with Crippen LogP contribution < -0.4 is 4.74 Å². The van der Waals surface area contributed by atoms with Gasteiger partial charge in [-0.1, -0.05) is 42.5 Å².